The van der Waals surface area contributed by atoms with Gasteiger partial charge < -0.3 is 16.5 Å². The summed E-state index contributed by atoms with van der Waals surface area (Å²) in [4.78, 5) is 12.0. The highest BCUT2D eigenvalue weighted by molar-refractivity contribution is 5.72. The summed E-state index contributed by atoms with van der Waals surface area (Å²) in [6, 6.07) is 3.91. The fourth-order valence-corrected chi connectivity index (χ4v) is 2.43. The highest BCUT2D eigenvalue weighted by Crippen LogP contribution is 2.32. The van der Waals surface area contributed by atoms with Crippen molar-refractivity contribution >= 4 is 17.0 Å². The fraction of sp³-hybridized carbons (Fsp3) is 0.455. The largest absolute Gasteiger partial charge is 0.384 e. The zero-order valence-electron chi connectivity index (χ0n) is 8.98. The second-order valence-electron chi connectivity index (χ2n) is 4.43. The number of nitrogens with one attached hydrogen (secondary N) is 1. The van der Waals surface area contributed by atoms with Gasteiger partial charge in [0.25, 0.3) is 0 Å². The van der Waals surface area contributed by atoms with E-state index in [0.29, 0.717) is 17.4 Å². The van der Waals surface area contributed by atoms with Gasteiger partial charge in [-0.25, -0.2) is 9.97 Å². The SMILES string of the molecule is Nc1ccc2[nH]c(C3CCCC3N)nc2n1. The maximum absolute atomic E-state index is 6.06. The summed E-state index contributed by atoms with van der Waals surface area (Å²) in [5.74, 6) is 1.80. The van der Waals surface area contributed by atoms with Crippen LogP contribution in [0.15, 0.2) is 12.1 Å². The molecular weight excluding hydrogens is 202 g/mol. The molecule has 5 heteroatoms. The monoisotopic (exact) mass is 217 g/mol. The van der Waals surface area contributed by atoms with Crippen LogP contribution in [0.3, 0.4) is 0 Å². The van der Waals surface area contributed by atoms with Crippen molar-refractivity contribution in [1.29, 1.82) is 0 Å². The molecule has 3 rings (SSSR count). The number of anilines is 1. The molecule has 2 aromatic rings. The number of nitrogens with two attached hydrogens (primary N) is 2. The van der Waals surface area contributed by atoms with Crippen molar-refractivity contribution in [3.63, 3.8) is 0 Å². The van der Waals surface area contributed by atoms with Crippen LogP contribution in [0.1, 0.15) is 31.0 Å². The van der Waals surface area contributed by atoms with E-state index in [1.807, 2.05) is 6.07 Å². The first-order valence-corrected chi connectivity index (χ1v) is 5.62. The summed E-state index contributed by atoms with van der Waals surface area (Å²) in [5, 5.41) is 0. The minimum absolute atomic E-state index is 0.220. The van der Waals surface area contributed by atoms with Crippen LogP contribution in [0, 0.1) is 0 Å². The Labute approximate surface area is 93.3 Å². The number of fused-ring (bicyclic) bond motifs is 1. The molecule has 84 valence electrons. The van der Waals surface area contributed by atoms with Crippen molar-refractivity contribution in [2.75, 3.05) is 5.73 Å². The molecule has 1 aliphatic carbocycles. The third-order valence-corrected chi connectivity index (χ3v) is 3.31. The van der Waals surface area contributed by atoms with Gasteiger partial charge in [0, 0.05) is 12.0 Å². The van der Waals surface area contributed by atoms with Crippen LogP contribution in [0.2, 0.25) is 0 Å². The van der Waals surface area contributed by atoms with Gasteiger partial charge in [-0.15, -0.1) is 0 Å². The van der Waals surface area contributed by atoms with Crippen molar-refractivity contribution in [2.24, 2.45) is 5.73 Å². The molecule has 0 saturated heterocycles. The molecule has 2 unspecified atom stereocenters. The highest BCUT2D eigenvalue weighted by atomic mass is 15.0. The Morgan fingerprint density at radius 2 is 2.12 bits per heavy atom. The van der Waals surface area contributed by atoms with Crippen LogP contribution in [0.4, 0.5) is 5.82 Å². The number of hydrogen-bond acceptors (Lipinski definition) is 4. The Balaban J connectivity index is 2.04. The van der Waals surface area contributed by atoms with Gasteiger partial charge in [0.05, 0.1) is 5.52 Å². The van der Waals surface area contributed by atoms with E-state index in [0.717, 1.165) is 24.2 Å². The van der Waals surface area contributed by atoms with Gasteiger partial charge in [0.2, 0.25) is 0 Å². The summed E-state index contributed by atoms with van der Waals surface area (Å²) in [6.07, 6.45) is 3.37. The number of aromatic amines is 1. The molecule has 0 amide bonds. The maximum Gasteiger partial charge on any atom is 0.179 e. The molecule has 0 aliphatic heterocycles. The molecule has 1 saturated carbocycles. The Kier molecular flexibility index (Phi) is 2.07. The lowest BCUT2D eigenvalue weighted by Gasteiger charge is -2.11. The summed E-state index contributed by atoms with van der Waals surface area (Å²) in [7, 11) is 0. The van der Waals surface area contributed by atoms with Crippen molar-refractivity contribution in [3.8, 4) is 0 Å². The number of imidazole rings is 1. The normalized spacial score (nSPS) is 25.3. The molecule has 5 nitrogen and oxygen atoms in total. The van der Waals surface area contributed by atoms with Crippen LogP contribution in [0.5, 0.6) is 0 Å². The smallest absolute Gasteiger partial charge is 0.179 e. The van der Waals surface area contributed by atoms with Crippen molar-refractivity contribution in [1.82, 2.24) is 15.0 Å². The topological polar surface area (TPSA) is 93.6 Å². The maximum atomic E-state index is 6.06. The van der Waals surface area contributed by atoms with E-state index >= 15 is 0 Å². The number of rotatable bonds is 1. The van der Waals surface area contributed by atoms with Gasteiger partial charge in [0.1, 0.15) is 11.6 Å². The minimum atomic E-state index is 0.220. The van der Waals surface area contributed by atoms with Gasteiger partial charge in [-0.2, -0.15) is 0 Å². The Morgan fingerprint density at radius 1 is 1.25 bits per heavy atom. The molecule has 0 spiro atoms. The van der Waals surface area contributed by atoms with Gasteiger partial charge in [-0.3, -0.25) is 0 Å². The fourth-order valence-electron chi connectivity index (χ4n) is 2.43. The quantitative estimate of drug-likeness (QED) is 0.667. The van der Waals surface area contributed by atoms with Crippen molar-refractivity contribution < 1.29 is 0 Å². The van der Waals surface area contributed by atoms with Crippen LogP contribution in [-0.2, 0) is 0 Å². The average Bonchev–Trinajstić information content (AvgIpc) is 2.82. The van der Waals surface area contributed by atoms with Crippen LogP contribution in [-0.4, -0.2) is 21.0 Å². The third-order valence-electron chi connectivity index (χ3n) is 3.31. The lowest BCUT2D eigenvalue weighted by molar-refractivity contribution is 0.588. The van der Waals surface area contributed by atoms with E-state index in [1.165, 1.54) is 6.42 Å². The van der Waals surface area contributed by atoms with Crippen molar-refractivity contribution in [2.45, 2.75) is 31.2 Å². The molecule has 5 N–H and O–H groups in total. The molecule has 2 atom stereocenters. The predicted molar refractivity (Wildman–Crippen MR) is 62.9 cm³/mol. The number of nitrogens with zero attached hydrogens (tertiary/aromatic N) is 2. The van der Waals surface area contributed by atoms with Crippen LogP contribution in [0.25, 0.3) is 11.2 Å². The minimum Gasteiger partial charge on any atom is -0.384 e. The number of pyridine rings is 1. The predicted octanol–water partition coefficient (Wildman–Crippen LogP) is 1.13. The molecule has 0 radical (unpaired) electrons. The number of H-pyrrole nitrogens is 1. The Bertz CT molecular complexity index is 518. The Hall–Kier alpha value is -1.62. The van der Waals surface area contributed by atoms with Crippen LogP contribution >= 0.6 is 0 Å². The number of nitrogen functional groups attached to an aromatic ring is 1. The van der Waals surface area contributed by atoms with Gasteiger partial charge >= 0.3 is 0 Å². The summed E-state index contributed by atoms with van der Waals surface area (Å²) >= 11 is 0. The second-order valence-corrected chi connectivity index (χ2v) is 4.43. The summed E-state index contributed by atoms with van der Waals surface area (Å²) < 4.78 is 0. The Morgan fingerprint density at radius 3 is 2.88 bits per heavy atom. The third kappa shape index (κ3) is 1.44. The van der Waals surface area contributed by atoms with Gasteiger partial charge in [0.15, 0.2) is 5.65 Å². The lowest BCUT2D eigenvalue weighted by atomic mass is 10.0. The standard InChI is InChI=1S/C11H15N5/c12-7-3-1-2-6(7)10-14-8-4-5-9(13)15-11(8)16-10/h4-7H,1-3,12H2,(H3,13,14,15,16). The van der Waals surface area contributed by atoms with Crippen molar-refractivity contribution in [3.05, 3.63) is 18.0 Å². The van der Waals surface area contributed by atoms with Gasteiger partial charge in [-0.1, -0.05) is 6.42 Å². The second kappa shape index (κ2) is 3.45. The zero-order chi connectivity index (χ0) is 11.1. The number of aromatic nitrogens is 3. The molecule has 1 aliphatic rings. The molecule has 0 bridgehead atoms. The van der Waals surface area contributed by atoms with E-state index in [2.05, 4.69) is 15.0 Å². The van der Waals surface area contributed by atoms with E-state index in [4.69, 9.17) is 11.5 Å². The highest BCUT2D eigenvalue weighted by Gasteiger charge is 2.28. The first-order valence-electron chi connectivity index (χ1n) is 5.62. The first kappa shape index (κ1) is 9.59. The van der Waals surface area contributed by atoms with E-state index in [-0.39, 0.29) is 6.04 Å². The summed E-state index contributed by atoms with van der Waals surface area (Å²) in [6.45, 7) is 0. The zero-order valence-corrected chi connectivity index (χ0v) is 8.98. The first-order chi connectivity index (χ1) is 7.74. The molecule has 1 fully saturated rings. The molecule has 0 aromatic carbocycles. The summed E-state index contributed by atoms with van der Waals surface area (Å²) in [5.41, 5.74) is 13.3. The molecule has 2 aromatic heterocycles. The molecule has 2 heterocycles. The molecular formula is C11H15N5. The van der Waals surface area contributed by atoms with E-state index in [1.54, 1.807) is 6.07 Å². The number of hydrogen-bond donors (Lipinski definition) is 3. The van der Waals surface area contributed by atoms with Crippen LogP contribution < -0.4 is 11.5 Å². The van der Waals surface area contributed by atoms with E-state index in [9.17, 15) is 0 Å². The van der Waals surface area contributed by atoms with E-state index < -0.39 is 0 Å². The molecule has 16 heavy (non-hydrogen) atoms. The average molecular weight is 217 g/mol. The lowest BCUT2D eigenvalue weighted by Crippen LogP contribution is -2.23. The van der Waals surface area contributed by atoms with Gasteiger partial charge in [-0.05, 0) is 25.0 Å².